The fraction of sp³-hybridized carbons (Fsp3) is 0.533. The van der Waals surface area contributed by atoms with Crippen molar-refractivity contribution in [1.29, 1.82) is 0 Å². The van der Waals surface area contributed by atoms with Crippen molar-refractivity contribution in [2.45, 2.75) is 37.6 Å². The molecule has 19 heavy (non-hydrogen) atoms. The second-order valence-corrected chi connectivity index (χ2v) is 6.37. The SMILES string of the molecule is CSc1ccccc1C(=O)NC(C)(CN)CC(C)C. The van der Waals surface area contributed by atoms with Gasteiger partial charge in [-0.2, -0.15) is 0 Å². The minimum absolute atomic E-state index is 0.0430. The Morgan fingerprint density at radius 1 is 1.42 bits per heavy atom. The zero-order chi connectivity index (χ0) is 14.5. The molecule has 0 saturated heterocycles. The van der Waals surface area contributed by atoms with E-state index in [0.717, 1.165) is 16.9 Å². The molecular weight excluding hydrogens is 256 g/mol. The van der Waals surface area contributed by atoms with Gasteiger partial charge in [-0.1, -0.05) is 26.0 Å². The summed E-state index contributed by atoms with van der Waals surface area (Å²) in [6, 6.07) is 7.64. The van der Waals surface area contributed by atoms with E-state index >= 15 is 0 Å². The Hall–Kier alpha value is -1.00. The van der Waals surface area contributed by atoms with Crippen molar-refractivity contribution in [3.63, 3.8) is 0 Å². The molecule has 0 spiro atoms. The van der Waals surface area contributed by atoms with Crippen molar-refractivity contribution >= 4 is 17.7 Å². The molecule has 0 aliphatic carbocycles. The van der Waals surface area contributed by atoms with Crippen molar-refractivity contribution in [3.05, 3.63) is 29.8 Å². The minimum atomic E-state index is -0.350. The third kappa shape index (κ3) is 4.55. The zero-order valence-electron chi connectivity index (χ0n) is 12.2. The Morgan fingerprint density at radius 2 is 2.05 bits per heavy atom. The van der Waals surface area contributed by atoms with Gasteiger partial charge in [-0.3, -0.25) is 4.79 Å². The molecule has 1 aromatic carbocycles. The van der Waals surface area contributed by atoms with Gasteiger partial charge in [0, 0.05) is 17.0 Å². The van der Waals surface area contributed by atoms with Crippen molar-refractivity contribution in [1.82, 2.24) is 5.32 Å². The van der Waals surface area contributed by atoms with E-state index in [2.05, 4.69) is 19.2 Å². The monoisotopic (exact) mass is 280 g/mol. The largest absolute Gasteiger partial charge is 0.346 e. The lowest BCUT2D eigenvalue weighted by atomic mass is 9.90. The third-order valence-corrected chi connectivity index (χ3v) is 3.87. The highest BCUT2D eigenvalue weighted by molar-refractivity contribution is 7.98. The fourth-order valence-electron chi connectivity index (χ4n) is 2.26. The minimum Gasteiger partial charge on any atom is -0.346 e. The molecule has 0 radical (unpaired) electrons. The van der Waals surface area contributed by atoms with Crippen molar-refractivity contribution in [2.75, 3.05) is 12.8 Å². The van der Waals surface area contributed by atoms with Crippen LogP contribution in [0.1, 0.15) is 37.6 Å². The summed E-state index contributed by atoms with van der Waals surface area (Å²) in [5.41, 5.74) is 6.20. The number of thioether (sulfide) groups is 1. The number of rotatable bonds is 6. The van der Waals surface area contributed by atoms with Crippen LogP contribution in [-0.2, 0) is 0 Å². The molecule has 0 aliphatic heterocycles. The summed E-state index contributed by atoms with van der Waals surface area (Å²) in [5.74, 6) is 0.447. The lowest BCUT2D eigenvalue weighted by Crippen LogP contribution is -2.52. The van der Waals surface area contributed by atoms with Crippen LogP contribution in [0.4, 0.5) is 0 Å². The maximum Gasteiger partial charge on any atom is 0.252 e. The summed E-state index contributed by atoms with van der Waals surface area (Å²) in [6.45, 7) is 6.72. The Labute approximate surface area is 120 Å². The Bertz CT molecular complexity index is 434. The first-order chi connectivity index (χ1) is 8.91. The first kappa shape index (κ1) is 16.1. The summed E-state index contributed by atoms with van der Waals surface area (Å²) >= 11 is 1.58. The van der Waals surface area contributed by atoms with Gasteiger partial charge in [0.1, 0.15) is 0 Å². The molecule has 1 atom stereocenters. The Balaban J connectivity index is 2.88. The molecule has 0 fully saturated rings. The maximum absolute atomic E-state index is 12.4. The van der Waals surface area contributed by atoms with Gasteiger partial charge in [-0.15, -0.1) is 11.8 Å². The average Bonchev–Trinajstić information content (AvgIpc) is 2.37. The van der Waals surface area contributed by atoms with E-state index in [1.165, 1.54) is 0 Å². The number of benzene rings is 1. The number of amides is 1. The molecule has 0 aliphatic rings. The summed E-state index contributed by atoms with van der Waals surface area (Å²) < 4.78 is 0. The van der Waals surface area contributed by atoms with Gasteiger partial charge in [-0.05, 0) is 37.7 Å². The second kappa shape index (κ2) is 6.96. The Kier molecular flexibility index (Phi) is 5.88. The van der Waals surface area contributed by atoms with Crippen molar-refractivity contribution < 1.29 is 4.79 Å². The molecule has 1 aromatic rings. The van der Waals surface area contributed by atoms with Crippen LogP contribution < -0.4 is 11.1 Å². The van der Waals surface area contributed by atoms with Crippen molar-refractivity contribution in [2.24, 2.45) is 11.7 Å². The van der Waals surface area contributed by atoms with Crippen LogP contribution in [0, 0.1) is 5.92 Å². The quantitative estimate of drug-likeness (QED) is 0.788. The molecule has 3 nitrogen and oxygen atoms in total. The molecule has 0 saturated carbocycles. The molecule has 1 amide bonds. The normalized spacial score (nSPS) is 14.2. The van der Waals surface area contributed by atoms with Crippen LogP contribution in [0.2, 0.25) is 0 Å². The van der Waals surface area contributed by atoms with Crippen LogP contribution in [0.3, 0.4) is 0 Å². The van der Waals surface area contributed by atoms with Gasteiger partial charge in [-0.25, -0.2) is 0 Å². The zero-order valence-corrected chi connectivity index (χ0v) is 13.0. The van der Waals surface area contributed by atoms with Gasteiger partial charge in [0.15, 0.2) is 0 Å². The molecule has 0 heterocycles. The summed E-state index contributed by atoms with van der Waals surface area (Å²) in [4.78, 5) is 13.4. The number of carbonyl (C=O) groups is 1. The van der Waals surface area contributed by atoms with Crippen LogP contribution in [0.25, 0.3) is 0 Å². The molecule has 4 heteroatoms. The van der Waals surface area contributed by atoms with E-state index in [4.69, 9.17) is 5.73 Å². The predicted molar refractivity (Wildman–Crippen MR) is 82.6 cm³/mol. The fourth-order valence-corrected chi connectivity index (χ4v) is 2.86. The topological polar surface area (TPSA) is 55.1 Å². The first-order valence-electron chi connectivity index (χ1n) is 6.57. The number of nitrogens with one attached hydrogen (secondary N) is 1. The van der Waals surface area contributed by atoms with Gasteiger partial charge < -0.3 is 11.1 Å². The molecule has 0 bridgehead atoms. The summed E-state index contributed by atoms with van der Waals surface area (Å²) in [5, 5.41) is 3.09. The van der Waals surface area contributed by atoms with E-state index in [1.807, 2.05) is 37.4 Å². The van der Waals surface area contributed by atoms with Crippen LogP contribution >= 0.6 is 11.8 Å². The number of hydrogen-bond donors (Lipinski definition) is 2. The van der Waals surface area contributed by atoms with Crippen LogP contribution in [-0.4, -0.2) is 24.2 Å². The van der Waals surface area contributed by atoms with E-state index < -0.39 is 0 Å². The number of hydrogen-bond acceptors (Lipinski definition) is 3. The average molecular weight is 280 g/mol. The highest BCUT2D eigenvalue weighted by Crippen LogP contribution is 2.22. The molecule has 3 N–H and O–H groups in total. The summed E-state index contributed by atoms with van der Waals surface area (Å²) in [7, 11) is 0. The first-order valence-corrected chi connectivity index (χ1v) is 7.80. The smallest absolute Gasteiger partial charge is 0.252 e. The Morgan fingerprint density at radius 3 is 2.58 bits per heavy atom. The van der Waals surface area contributed by atoms with E-state index in [1.54, 1.807) is 11.8 Å². The number of nitrogens with two attached hydrogens (primary N) is 1. The lowest BCUT2D eigenvalue weighted by Gasteiger charge is -2.31. The molecule has 106 valence electrons. The second-order valence-electron chi connectivity index (χ2n) is 5.52. The van der Waals surface area contributed by atoms with Crippen LogP contribution in [0.5, 0.6) is 0 Å². The van der Waals surface area contributed by atoms with Gasteiger partial charge in [0.25, 0.3) is 5.91 Å². The van der Waals surface area contributed by atoms with Crippen molar-refractivity contribution in [3.8, 4) is 0 Å². The van der Waals surface area contributed by atoms with E-state index in [0.29, 0.717) is 12.5 Å². The van der Waals surface area contributed by atoms with E-state index in [-0.39, 0.29) is 11.4 Å². The molecule has 1 unspecified atom stereocenters. The maximum atomic E-state index is 12.4. The van der Waals surface area contributed by atoms with Gasteiger partial charge >= 0.3 is 0 Å². The van der Waals surface area contributed by atoms with E-state index in [9.17, 15) is 4.79 Å². The lowest BCUT2D eigenvalue weighted by molar-refractivity contribution is 0.0895. The predicted octanol–water partition coefficient (Wildman–Crippen LogP) is 2.90. The highest BCUT2D eigenvalue weighted by atomic mass is 32.2. The third-order valence-electron chi connectivity index (χ3n) is 3.08. The number of carbonyl (C=O) groups excluding carboxylic acids is 1. The highest BCUT2D eigenvalue weighted by Gasteiger charge is 2.26. The van der Waals surface area contributed by atoms with Gasteiger partial charge in [0.2, 0.25) is 0 Å². The van der Waals surface area contributed by atoms with Gasteiger partial charge in [0.05, 0.1) is 5.56 Å². The van der Waals surface area contributed by atoms with Crippen LogP contribution in [0.15, 0.2) is 29.2 Å². The molecular formula is C15H24N2OS. The molecule has 1 rings (SSSR count). The summed E-state index contributed by atoms with van der Waals surface area (Å²) in [6.07, 6.45) is 2.85. The standard InChI is InChI=1S/C15H24N2OS/c1-11(2)9-15(3,10-16)17-14(18)12-7-5-6-8-13(12)19-4/h5-8,11H,9-10,16H2,1-4H3,(H,17,18). The molecule has 0 aromatic heterocycles.